The molecule has 0 radical (unpaired) electrons. The number of aromatic nitrogens is 1. The second-order valence-corrected chi connectivity index (χ2v) is 7.45. The number of benzene rings is 2. The van der Waals surface area contributed by atoms with Crippen molar-refractivity contribution in [1.29, 1.82) is 0 Å². The van der Waals surface area contributed by atoms with E-state index in [0.29, 0.717) is 18.9 Å². The molecule has 0 saturated carbocycles. The maximum absolute atomic E-state index is 11.0. The molecule has 2 aromatic carbocycles. The first-order valence-electron chi connectivity index (χ1n) is 10.2. The van der Waals surface area contributed by atoms with Crippen LogP contribution in [0.4, 0.5) is 0 Å². The van der Waals surface area contributed by atoms with Gasteiger partial charge in [0.1, 0.15) is 17.8 Å². The Hall–Kier alpha value is -2.92. The highest BCUT2D eigenvalue weighted by atomic mass is 16.5. The second kappa shape index (κ2) is 9.05. The molecule has 150 valence electrons. The van der Waals surface area contributed by atoms with Crippen LogP contribution >= 0.6 is 0 Å². The number of hydrogen-bond donors (Lipinski definition) is 1. The molecule has 1 saturated heterocycles. The molecule has 29 heavy (non-hydrogen) atoms. The molecule has 1 aliphatic rings. The molecule has 1 aliphatic heterocycles. The predicted octanol–water partition coefficient (Wildman–Crippen LogP) is 4.65. The fourth-order valence-electron chi connectivity index (χ4n) is 3.76. The fourth-order valence-corrected chi connectivity index (χ4v) is 3.76. The fraction of sp³-hybridized carbons (Fsp3) is 0.333. The number of carbonyl (C=O) groups excluding carboxylic acids is 1. The van der Waals surface area contributed by atoms with Crippen LogP contribution in [0.2, 0.25) is 0 Å². The second-order valence-electron chi connectivity index (χ2n) is 7.45. The Morgan fingerprint density at radius 3 is 2.69 bits per heavy atom. The number of nitrogens with zero attached hydrogens (tertiary/aromatic N) is 1. The average Bonchev–Trinajstić information content (AvgIpc) is 3.15. The topological polar surface area (TPSA) is 64.4 Å². The summed E-state index contributed by atoms with van der Waals surface area (Å²) in [6, 6.07) is 18.3. The molecule has 1 fully saturated rings. The molecule has 3 aromatic rings. The summed E-state index contributed by atoms with van der Waals surface area (Å²) >= 11 is 0. The van der Waals surface area contributed by atoms with E-state index in [9.17, 15) is 4.79 Å². The van der Waals surface area contributed by atoms with Crippen molar-refractivity contribution in [3.8, 4) is 17.2 Å². The molecule has 0 bridgehead atoms. The van der Waals surface area contributed by atoms with E-state index >= 15 is 0 Å². The van der Waals surface area contributed by atoms with Crippen LogP contribution in [-0.4, -0.2) is 23.9 Å². The zero-order valence-electron chi connectivity index (χ0n) is 16.6. The first-order valence-corrected chi connectivity index (χ1v) is 10.2. The number of oxazole rings is 1. The lowest BCUT2D eigenvalue weighted by molar-refractivity contribution is -0.110. The number of hydrogen-bond acceptors (Lipinski definition) is 5. The molecule has 5 heteroatoms. The summed E-state index contributed by atoms with van der Waals surface area (Å²) in [7, 11) is 0. The number of carbonyl (C=O) groups is 1. The predicted molar refractivity (Wildman–Crippen MR) is 112 cm³/mol. The van der Waals surface area contributed by atoms with E-state index in [4.69, 9.17) is 9.15 Å². The average molecular weight is 390 g/mol. The van der Waals surface area contributed by atoms with E-state index in [1.54, 1.807) is 0 Å². The van der Waals surface area contributed by atoms with E-state index in [1.807, 2.05) is 49.4 Å². The summed E-state index contributed by atoms with van der Waals surface area (Å²) in [5, 5.41) is 3.40. The van der Waals surface area contributed by atoms with Gasteiger partial charge in [-0.3, -0.25) is 0 Å². The Bertz CT molecular complexity index is 935. The van der Waals surface area contributed by atoms with Crippen molar-refractivity contribution in [2.24, 2.45) is 0 Å². The van der Waals surface area contributed by atoms with Gasteiger partial charge in [0.05, 0.1) is 18.3 Å². The maximum atomic E-state index is 11.0. The van der Waals surface area contributed by atoms with Gasteiger partial charge in [0.25, 0.3) is 0 Å². The molecule has 5 nitrogen and oxygen atoms in total. The van der Waals surface area contributed by atoms with Gasteiger partial charge in [-0.05, 0) is 56.0 Å². The lowest BCUT2D eigenvalue weighted by atomic mass is 9.94. The molecular weight excluding hydrogens is 364 g/mol. The summed E-state index contributed by atoms with van der Waals surface area (Å²) in [5.41, 5.74) is 3.10. The van der Waals surface area contributed by atoms with E-state index in [0.717, 1.165) is 48.3 Å². The Morgan fingerprint density at radius 2 is 1.93 bits per heavy atom. The first kappa shape index (κ1) is 19.4. The van der Waals surface area contributed by atoms with Crippen molar-refractivity contribution in [3.63, 3.8) is 0 Å². The van der Waals surface area contributed by atoms with E-state index in [-0.39, 0.29) is 12.1 Å². The quantitative estimate of drug-likeness (QED) is 0.595. The Labute approximate surface area is 171 Å². The summed E-state index contributed by atoms with van der Waals surface area (Å²) < 4.78 is 11.7. The van der Waals surface area contributed by atoms with Gasteiger partial charge < -0.3 is 19.3 Å². The maximum Gasteiger partial charge on any atom is 0.226 e. The van der Waals surface area contributed by atoms with Gasteiger partial charge in [-0.2, -0.15) is 0 Å². The molecule has 0 aliphatic carbocycles. The standard InChI is InChI=1S/C24H26N2O3/c1-17-22(26-24(29-17)19-6-3-2-4-7-19)14-15-28-21-12-10-18(11-13-21)23-9-5-8-20(16-27)25-23/h2-4,6-7,10-13,16,20,23,25H,5,8-9,14-15H2,1H3/t20-,23+/m0/s1. The van der Waals surface area contributed by atoms with Crippen LogP contribution in [0.25, 0.3) is 11.5 Å². The normalized spacial score (nSPS) is 19.1. The first-order chi connectivity index (χ1) is 14.2. The Kier molecular flexibility index (Phi) is 6.06. The number of aldehydes is 1. The molecule has 2 heterocycles. The monoisotopic (exact) mass is 390 g/mol. The molecule has 1 N–H and O–H groups in total. The van der Waals surface area contributed by atoms with Gasteiger partial charge in [0.2, 0.25) is 5.89 Å². The highest BCUT2D eigenvalue weighted by molar-refractivity contribution is 5.58. The Balaban J connectivity index is 1.32. The molecule has 0 amide bonds. The molecule has 0 unspecified atom stereocenters. The zero-order chi connectivity index (χ0) is 20.1. The lowest BCUT2D eigenvalue weighted by Crippen LogP contribution is -2.37. The van der Waals surface area contributed by atoms with Crippen LogP contribution in [0.3, 0.4) is 0 Å². The molecular formula is C24H26N2O3. The summed E-state index contributed by atoms with van der Waals surface area (Å²) in [5.74, 6) is 2.31. The van der Waals surface area contributed by atoms with E-state index in [2.05, 4.69) is 22.4 Å². The number of aryl methyl sites for hydroxylation is 1. The van der Waals surface area contributed by atoms with Gasteiger partial charge in [-0.25, -0.2) is 4.98 Å². The van der Waals surface area contributed by atoms with E-state index < -0.39 is 0 Å². The minimum absolute atomic E-state index is 0.0313. The zero-order valence-corrected chi connectivity index (χ0v) is 16.6. The summed E-state index contributed by atoms with van der Waals surface area (Å²) in [6.07, 6.45) is 4.75. The largest absolute Gasteiger partial charge is 0.493 e. The van der Waals surface area contributed by atoms with Crippen LogP contribution in [0, 0.1) is 6.92 Å². The van der Waals surface area contributed by atoms with Gasteiger partial charge in [0.15, 0.2) is 0 Å². The van der Waals surface area contributed by atoms with Crippen LogP contribution in [0.15, 0.2) is 59.0 Å². The van der Waals surface area contributed by atoms with Crippen molar-refractivity contribution in [2.75, 3.05) is 6.61 Å². The lowest BCUT2D eigenvalue weighted by Gasteiger charge is -2.28. The van der Waals surface area contributed by atoms with E-state index in [1.165, 1.54) is 5.56 Å². The Morgan fingerprint density at radius 1 is 1.14 bits per heavy atom. The van der Waals surface area contributed by atoms with Gasteiger partial charge in [-0.1, -0.05) is 30.3 Å². The van der Waals surface area contributed by atoms with Crippen LogP contribution in [0.1, 0.15) is 42.3 Å². The molecule has 0 spiro atoms. The van der Waals surface area contributed by atoms with Gasteiger partial charge in [-0.15, -0.1) is 0 Å². The summed E-state index contributed by atoms with van der Waals surface area (Å²) in [6.45, 7) is 2.48. The third kappa shape index (κ3) is 4.74. The number of ether oxygens (including phenoxy) is 1. The van der Waals surface area contributed by atoms with Crippen LogP contribution < -0.4 is 10.1 Å². The number of rotatable bonds is 7. The van der Waals surface area contributed by atoms with Crippen molar-refractivity contribution in [2.45, 2.75) is 44.7 Å². The number of piperidine rings is 1. The highest BCUT2D eigenvalue weighted by Gasteiger charge is 2.21. The van der Waals surface area contributed by atoms with Crippen molar-refractivity contribution in [1.82, 2.24) is 10.3 Å². The van der Waals surface area contributed by atoms with Gasteiger partial charge >= 0.3 is 0 Å². The van der Waals surface area contributed by atoms with Gasteiger partial charge in [0, 0.05) is 18.0 Å². The molecule has 1 aromatic heterocycles. The minimum Gasteiger partial charge on any atom is -0.493 e. The molecule has 2 atom stereocenters. The summed E-state index contributed by atoms with van der Waals surface area (Å²) in [4.78, 5) is 15.7. The third-order valence-corrected chi connectivity index (χ3v) is 5.39. The number of nitrogens with one attached hydrogen (secondary N) is 1. The third-order valence-electron chi connectivity index (χ3n) is 5.39. The molecule has 4 rings (SSSR count). The minimum atomic E-state index is -0.0313. The SMILES string of the molecule is Cc1oc(-c2ccccc2)nc1CCOc1ccc([C@H]2CCC[C@@H](C=O)N2)cc1. The van der Waals surface area contributed by atoms with Crippen LogP contribution in [-0.2, 0) is 11.2 Å². The smallest absolute Gasteiger partial charge is 0.226 e. The van der Waals surface area contributed by atoms with Crippen molar-refractivity contribution in [3.05, 3.63) is 71.6 Å². The highest BCUT2D eigenvalue weighted by Crippen LogP contribution is 2.27. The van der Waals surface area contributed by atoms with Crippen molar-refractivity contribution < 1.29 is 13.9 Å². The van der Waals surface area contributed by atoms with Crippen LogP contribution in [0.5, 0.6) is 5.75 Å². The van der Waals surface area contributed by atoms with Crippen molar-refractivity contribution >= 4 is 6.29 Å².